The Hall–Kier alpha value is -3.50. The Morgan fingerprint density at radius 1 is 0.970 bits per heavy atom. The summed E-state index contributed by atoms with van der Waals surface area (Å²) in [6, 6.07) is 16.5. The van der Waals surface area contributed by atoms with Crippen molar-refractivity contribution in [2.24, 2.45) is 11.5 Å². The largest absolute Gasteiger partial charge is 0.324 e. The first-order chi connectivity index (χ1) is 15.2. The van der Waals surface area contributed by atoms with Crippen LogP contribution in [0.3, 0.4) is 0 Å². The number of benzene rings is 2. The molecule has 2 aromatic carbocycles. The summed E-state index contributed by atoms with van der Waals surface area (Å²) in [5.41, 5.74) is 16.7. The van der Waals surface area contributed by atoms with Gasteiger partial charge < -0.3 is 5.32 Å². The van der Waals surface area contributed by atoms with E-state index in [0.717, 1.165) is 22.5 Å². The highest BCUT2D eigenvalue weighted by Gasteiger charge is 2.12. The van der Waals surface area contributed by atoms with E-state index in [1.807, 2.05) is 57.2 Å². The maximum Gasteiger partial charge on any atom is 0.253 e. The first kappa shape index (κ1) is 25.8. The number of nitrogens with two attached hydrogens (primary N) is 2. The van der Waals surface area contributed by atoms with Crippen LogP contribution in [0.5, 0.6) is 0 Å². The van der Waals surface area contributed by atoms with Gasteiger partial charge in [-0.05, 0) is 74.4 Å². The zero-order chi connectivity index (χ0) is 23.3. The molecule has 0 bridgehead atoms. The second kappa shape index (κ2) is 11.4. The molecule has 1 aromatic heterocycles. The molecule has 33 heavy (non-hydrogen) atoms. The van der Waals surface area contributed by atoms with E-state index in [4.69, 9.17) is 11.5 Å². The highest BCUT2D eigenvalue weighted by atomic mass is 35.5. The van der Waals surface area contributed by atoms with Crippen molar-refractivity contribution in [3.8, 4) is 11.8 Å². The van der Waals surface area contributed by atoms with Crippen LogP contribution >= 0.6 is 12.4 Å². The van der Waals surface area contributed by atoms with Gasteiger partial charge in [-0.2, -0.15) is 0 Å². The van der Waals surface area contributed by atoms with Gasteiger partial charge in [-0.25, -0.2) is 0 Å². The summed E-state index contributed by atoms with van der Waals surface area (Å²) in [5.74, 6) is 5.80. The average Bonchev–Trinajstić information content (AvgIpc) is 2.72. The molecule has 1 heterocycles. The zero-order valence-corrected chi connectivity index (χ0v) is 19.6. The molecular formula is C26H27ClN4O2. The van der Waals surface area contributed by atoms with Gasteiger partial charge in [0.25, 0.3) is 5.91 Å². The van der Waals surface area contributed by atoms with Crippen LogP contribution < -0.4 is 16.8 Å². The molecule has 5 N–H and O–H groups in total. The summed E-state index contributed by atoms with van der Waals surface area (Å²) in [5, 5.41) is 2.46. The first-order valence-corrected chi connectivity index (χ1v) is 10.2. The topological polar surface area (TPSA) is 111 Å². The Morgan fingerprint density at radius 2 is 1.70 bits per heavy atom. The highest BCUT2D eigenvalue weighted by Crippen LogP contribution is 2.15. The van der Waals surface area contributed by atoms with Gasteiger partial charge in [0.05, 0.1) is 6.42 Å². The van der Waals surface area contributed by atoms with Gasteiger partial charge in [0.1, 0.15) is 6.29 Å². The number of nitrogens with zero attached hydrogens (tertiary/aromatic N) is 1. The van der Waals surface area contributed by atoms with Crippen molar-refractivity contribution in [3.63, 3.8) is 0 Å². The SMILES string of the molecule is Cc1cc(C#Cc2ccc(C)c(C(=O)Cc3cccc(C)n3)c2)cc(C(=O)NC(N)N)c1.Cl. The monoisotopic (exact) mass is 462 g/mol. The second-order valence-electron chi connectivity index (χ2n) is 7.74. The average molecular weight is 463 g/mol. The fraction of sp³-hybridized carbons (Fsp3) is 0.192. The Morgan fingerprint density at radius 3 is 2.39 bits per heavy atom. The van der Waals surface area contributed by atoms with Crippen molar-refractivity contribution in [2.75, 3.05) is 0 Å². The second-order valence-corrected chi connectivity index (χ2v) is 7.74. The molecule has 0 unspecified atom stereocenters. The van der Waals surface area contributed by atoms with E-state index in [1.165, 1.54) is 0 Å². The lowest BCUT2D eigenvalue weighted by atomic mass is 9.98. The third kappa shape index (κ3) is 7.26. The van der Waals surface area contributed by atoms with E-state index in [1.54, 1.807) is 18.2 Å². The smallest absolute Gasteiger partial charge is 0.253 e. The van der Waals surface area contributed by atoms with Gasteiger partial charge in [-0.3, -0.25) is 26.0 Å². The van der Waals surface area contributed by atoms with Crippen LogP contribution in [0.25, 0.3) is 0 Å². The van der Waals surface area contributed by atoms with E-state index in [9.17, 15) is 9.59 Å². The van der Waals surface area contributed by atoms with Crippen LogP contribution in [0.15, 0.2) is 54.6 Å². The number of carbonyl (C=O) groups excluding carboxylic acids is 2. The molecule has 0 saturated carbocycles. The number of Topliss-reactive ketones (excluding diaryl/α,β-unsaturated/α-hetero) is 1. The molecule has 0 aliphatic carbocycles. The fourth-order valence-electron chi connectivity index (χ4n) is 3.32. The Kier molecular flexibility index (Phi) is 8.89. The van der Waals surface area contributed by atoms with Crippen LogP contribution in [-0.2, 0) is 6.42 Å². The van der Waals surface area contributed by atoms with Gasteiger partial charge in [0.15, 0.2) is 5.78 Å². The number of amides is 1. The summed E-state index contributed by atoms with van der Waals surface area (Å²) >= 11 is 0. The fourth-order valence-corrected chi connectivity index (χ4v) is 3.32. The van der Waals surface area contributed by atoms with Crippen LogP contribution in [0, 0.1) is 32.6 Å². The maximum absolute atomic E-state index is 12.9. The van der Waals surface area contributed by atoms with Crippen LogP contribution in [0.1, 0.15) is 54.4 Å². The number of rotatable bonds is 5. The maximum atomic E-state index is 12.9. The Balaban J connectivity index is 0.00000385. The molecule has 3 rings (SSSR count). The van der Waals surface area contributed by atoms with Gasteiger partial charge in [-0.15, -0.1) is 12.4 Å². The summed E-state index contributed by atoms with van der Waals surface area (Å²) < 4.78 is 0. The number of hydrogen-bond donors (Lipinski definition) is 3. The van der Waals surface area contributed by atoms with Gasteiger partial charge in [0.2, 0.25) is 0 Å². The van der Waals surface area contributed by atoms with Crippen molar-refractivity contribution in [1.29, 1.82) is 0 Å². The van der Waals surface area contributed by atoms with Crippen molar-refractivity contribution in [1.82, 2.24) is 10.3 Å². The van der Waals surface area contributed by atoms with Crippen LogP contribution in [0.4, 0.5) is 0 Å². The van der Waals surface area contributed by atoms with E-state index < -0.39 is 6.29 Å². The van der Waals surface area contributed by atoms with Gasteiger partial charge in [0, 0.05) is 33.6 Å². The molecule has 6 nitrogen and oxygen atoms in total. The van der Waals surface area contributed by atoms with Crippen LogP contribution in [0.2, 0.25) is 0 Å². The molecule has 1 amide bonds. The third-order valence-electron chi connectivity index (χ3n) is 4.81. The van der Waals surface area contributed by atoms with Gasteiger partial charge in [-0.1, -0.05) is 24.0 Å². The van der Waals surface area contributed by atoms with Crippen molar-refractivity contribution in [2.45, 2.75) is 33.5 Å². The predicted molar refractivity (Wildman–Crippen MR) is 132 cm³/mol. The number of halogens is 1. The van der Waals surface area contributed by atoms with Crippen molar-refractivity contribution < 1.29 is 9.59 Å². The number of hydrogen-bond acceptors (Lipinski definition) is 5. The lowest BCUT2D eigenvalue weighted by Gasteiger charge is -2.09. The van der Waals surface area contributed by atoms with Gasteiger partial charge >= 0.3 is 0 Å². The molecular weight excluding hydrogens is 436 g/mol. The number of pyridine rings is 1. The number of ketones is 1. The van der Waals surface area contributed by atoms with E-state index >= 15 is 0 Å². The number of carbonyl (C=O) groups is 2. The molecule has 0 fully saturated rings. The molecule has 7 heteroatoms. The zero-order valence-electron chi connectivity index (χ0n) is 18.8. The Labute approximate surface area is 200 Å². The van der Waals surface area contributed by atoms with E-state index in [0.29, 0.717) is 22.3 Å². The minimum atomic E-state index is -0.934. The molecule has 170 valence electrons. The molecule has 0 saturated heterocycles. The molecule has 0 radical (unpaired) electrons. The third-order valence-corrected chi connectivity index (χ3v) is 4.81. The van der Waals surface area contributed by atoms with Crippen LogP contribution in [-0.4, -0.2) is 23.0 Å². The number of aryl methyl sites for hydroxylation is 3. The minimum Gasteiger partial charge on any atom is -0.324 e. The lowest BCUT2D eigenvalue weighted by Crippen LogP contribution is -2.48. The number of aromatic nitrogens is 1. The van der Waals surface area contributed by atoms with Crippen molar-refractivity contribution >= 4 is 24.1 Å². The predicted octanol–water partition coefficient (Wildman–Crippen LogP) is 3.18. The van der Waals surface area contributed by atoms with Crippen molar-refractivity contribution in [3.05, 3.63) is 99.4 Å². The van der Waals surface area contributed by atoms with E-state index in [2.05, 4.69) is 22.1 Å². The summed E-state index contributed by atoms with van der Waals surface area (Å²) in [7, 11) is 0. The quantitative estimate of drug-likeness (QED) is 0.306. The normalized spacial score (nSPS) is 10.1. The molecule has 0 aliphatic heterocycles. The standard InChI is InChI=1S/C26H26N4O2.ClH/c1-16-11-20(13-21(12-16)25(32)30-26(27)28)10-9-19-8-7-17(2)23(14-19)24(31)15-22-6-4-5-18(3)29-22;/h4-8,11-14,26H,15,27-28H2,1-3H3,(H,30,32);1H. The number of nitrogens with one attached hydrogen (secondary N) is 1. The summed E-state index contributed by atoms with van der Waals surface area (Å²) in [6.07, 6.45) is -0.699. The molecule has 0 spiro atoms. The van der Waals surface area contributed by atoms with E-state index in [-0.39, 0.29) is 30.5 Å². The first-order valence-electron chi connectivity index (χ1n) is 10.2. The molecule has 3 aromatic rings. The Bertz CT molecular complexity index is 1240. The summed E-state index contributed by atoms with van der Waals surface area (Å²) in [4.78, 5) is 29.5. The molecule has 0 atom stereocenters. The lowest BCUT2D eigenvalue weighted by molar-refractivity contribution is 0.0937. The summed E-state index contributed by atoms with van der Waals surface area (Å²) in [6.45, 7) is 5.69. The highest BCUT2D eigenvalue weighted by molar-refractivity contribution is 5.99. The molecule has 0 aliphatic rings. The minimum absolute atomic E-state index is 0.